The van der Waals surface area contributed by atoms with E-state index in [0.29, 0.717) is 37.7 Å². The van der Waals surface area contributed by atoms with Crippen LogP contribution in [0.15, 0.2) is 23.1 Å². The van der Waals surface area contributed by atoms with Crippen molar-refractivity contribution in [3.8, 4) is 0 Å². The first-order valence-electron chi connectivity index (χ1n) is 11.0. The number of sulfonamides is 1. The molecule has 0 aromatic heterocycles. The first-order valence-corrected chi connectivity index (χ1v) is 12.4. The minimum Gasteiger partial charge on any atom is -0.354 e. The Labute approximate surface area is 179 Å². The summed E-state index contributed by atoms with van der Waals surface area (Å²) in [7, 11) is -3.56. The Balaban J connectivity index is 1.85. The van der Waals surface area contributed by atoms with Gasteiger partial charge >= 0.3 is 0 Å². The lowest BCUT2D eigenvalue weighted by molar-refractivity contribution is -0.126. The third-order valence-electron chi connectivity index (χ3n) is 5.88. The van der Waals surface area contributed by atoms with Gasteiger partial charge in [0.1, 0.15) is 6.04 Å². The van der Waals surface area contributed by atoms with Crippen molar-refractivity contribution in [3.05, 3.63) is 23.8 Å². The molecule has 30 heavy (non-hydrogen) atoms. The van der Waals surface area contributed by atoms with Gasteiger partial charge in [-0.25, -0.2) is 8.42 Å². The molecule has 2 amide bonds. The first-order chi connectivity index (χ1) is 14.3. The Morgan fingerprint density at radius 2 is 1.87 bits per heavy atom. The van der Waals surface area contributed by atoms with E-state index in [9.17, 15) is 18.0 Å². The van der Waals surface area contributed by atoms with Crippen molar-refractivity contribution in [2.24, 2.45) is 5.92 Å². The highest BCUT2D eigenvalue weighted by atomic mass is 32.2. The number of nitrogens with one attached hydrogen (secondary N) is 1. The molecule has 0 spiro atoms. The number of amides is 2. The maximum atomic E-state index is 13.0. The number of nitrogens with zero attached hydrogens (tertiary/aromatic N) is 2. The van der Waals surface area contributed by atoms with Crippen molar-refractivity contribution in [1.29, 1.82) is 0 Å². The maximum absolute atomic E-state index is 13.0. The van der Waals surface area contributed by atoms with Gasteiger partial charge in [-0.2, -0.15) is 4.31 Å². The molecule has 2 aliphatic rings. The molecule has 7 nitrogen and oxygen atoms in total. The number of benzene rings is 1. The van der Waals surface area contributed by atoms with E-state index in [0.717, 1.165) is 31.2 Å². The molecule has 166 valence electrons. The number of fused-ring (bicyclic) bond motifs is 1. The van der Waals surface area contributed by atoms with Gasteiger partial charge in [0.2, 0.25) is 21.8 Å². The van der Waals surface area contributed by atoms with Gasteiger partial charge < -0.3 is 5.32 Å². The highest BCUT2D eigenvalue weighted by Crippen LogP contribution is 2.35. The van der Waals surface area contributed by atoms with Crippen molar-refractivity contribution in [3.63, 3.8) is 0 Å². The van der Waals surface area contributed by atoms with Crippen LogP contribution in [0.3, 0.4) is 0 Å². The Morgan fingerprint density at radius 1 is 1.17 bits per heavy atom. The predicted molar refractivity (Wildman–Crippen MR) is 117 cm³/mol. The molecular formula is C22H33N3O4S. The molecule has 0 aliphatic carbocycles. The standard InChI is InChI=1S/C22H33N3O4S/c1-4-21(26)25-19-9-8-18(30(28,29)24-12-6-5-7-13-24)14-17(19)15-20(25)22(27)23-11-10-16(2)3/h8-9,14,16,20H,4-7,10-13,15H2,1-3H3,(H,23,27). The SMILES string of the molecule is CCC(=O)N1c2ccc(S(=O)(=O)N3CCCCC3)cc2CC1C(=O)NCCC(C)C. The fourth-order valence-electron chi connectivity index (χ4n) is 4.13. The number of hydrogen-bond acceptors (Lipinski definition) is 4. The van der Waals surface area contributed by atoms with Crippen LogP contribution in [0.5, 0.6) is 0 Å². The van der Waals surface area contributed by atoms with Gasteiger partial charge in [0.05, 0.1) is 4.90 Å². The molecule has 0 radical (unpaired) electrons. The van der Waals surface area contributed by atoms with Gasteiger partial charge in [0, 0.05) is 38.2 Å². The maximum Gasteiger partial charge on any atom is 0.243 e. The van der Waals surface area contributed by atoms with Gasteiger partial charge in [-0.15, -0.1) is 0 Å². The minimum absolute atomic E-state index is 0.135. The second kappa shape index (κ2) is 9.47. The molecule has 2 aliphatic heterocycles. The number of anilines is 1. The summed E-state index contributed by atoms with van der Waals surface area (Å²) in [6.07, 6.45) is 4.29. The summed E-state index contributed by atoms with van der Waals surface area (Å²) in [5.41, 5.74) is 1.38. The Morgan fingerprint density at radius 3 is 2.50 bits per heavy atom. The van der Waals surface area contributed by atoms with E-state index in [1.54, 1.807) is 25.1 Å². The molecule has 1 fully saturated rings. The molecule has 1 atom stereocenters. The molecule has 1 aromatic carbocycles. The fraction of sp³-hybridized carbons (Fsp3) is 0.636. The van der Waals surface area contributed by atoms with Crippen LogP contribution in [0.2, 0.25) is 0 Å². The number of piperidine rings is 1. The number of rotatable bonds is 7. The van der Waals surface area contributed by atoms with Crippen molar-refractivity contribution in [1.82, 2.24) is 9.62 Å². The Bertz CT molecular complexity index is 892. The molecule has 1 N–H and O–H groups in total. The molecule has 1 saturated heterocycles. The van der Waals surface area contributed by atoms with Gasteiger partial charge in [-0.3, -0.25) is 14.5 Å². The van der Waals surface area contributed by atoms with E-state index in [1.807, 2.05) is 0 Å². The minimum atomic E-state index is -3.56. The predicted octanol–water partition coefficient (Wildman–Crippen LogP) is 2.69. The van der Waals surface area contributed by atoms with Crippen molar-refractivity contribution in [2.45, 2.75) is 70.2 Å². The van der Waals surface area contributed by atoms with E-state index in [-0.39, 0.29) is 23.1 Å². The molecule has 1 unspecified atom stereocenters. The zero-order valence-electron chi connectivity index (χ0n) is 18.2. The van der Waals surface area contributed by atoms with E-state index in [4.69, 9.17) is 0 Å². The fourth-order valence-corrected chi connectivity index (χ4v) is 5.70. The number of carbonyl (C=O) groups is 2. The van der Waals surface area contributed by atoms with Gasteiger partial charge in [-0.1, -0.05) is 27.2 Å². The molecular weight excluding hydrogens is 402 g/mol. The van der Waals surface area contributed by atoms with E-state index < -0.39 is 16.1 Å². The summed E-state index contributed by atoms with van der Waals surface area (Å²) in [5, 5.41) is 2.94. The van der Waals surface area contributed by atoms with Crippen LogP contribution in [-0.2, 0) is 26.0 Å². The van der Waals surface area contributed by atoms with E-state index >= 15 is 0 Å². The van der Waals surface area contributed by atoms with Crippen molar-refractivity contribution in [2.75, 3.05) is 24.5 Å². The van der Waals surface area contributed by atoms with Crippen molar-refractivity contribution < 1.29 is 18.0 Å². The lowest BCUT2D eigenvalue weighted by atomic mass is 10.1. The van der Waals surface area contributed by atoms with Crippen LogP contribution in [0, 0.1) is 5.92 Å². The number of hydrogen-bond donors (Lipinski definition) is 1. The quantitative estimate of drug-likeness (QED) is 0.713. The topological polar surface area (TPSA) is 86.8 Å². The Hall–Kier alpha value is -1.93. The summed E-state index contributed by atoms with van der Waals surface area (Å²) >= 11 is 0. The lowest BCUT2D eigenvalue weighted by Gasteiger charge is -2.26. The summed E-state index contributed by atoms with van der Waals surface area (Å²) < 4.78 is 27.6. The van der Waals surface area contributed by atoms with Gasteiger partial charge in [-0.05, 0) is 48.9 Å². The van der Waals surface area contributed by atoms with E-state index in [1.165, 1.54) is 9.21 Å². The summed E-state index contributed by atoms with van der Waals surface area (Å²) in [5.74, 6) is 0.153. The average Bonchev–Trinajstić information content (AvgIpc) is 3.12. The smallest absolute Gasteiger partial charge is 0.243 e. The first kappa shape index (κ1) is 22.7. The summed E-state index contributed by atoms with van der Waals surface area (Å²) in [6.45, 7) is 7.60. The lowest BCUT2D eigenvalue weighted by Crippen LogP contribution is -2.48. The van der Waals surface area contributed by atoms with Gasteiger partial charge in [0.25, 0.3) is 0 Å². The molecule has 3 rings (SSSR count). The molecule has 1 aromatic rings. The van der Waals surface area contributed by atoms with E-state index in [2.05, 4.69) is 19.2 Å². The highest BCUT2D eigenvalue weighted by Gasteiger charge is 2.38. The van der Waals surface area contributed by atoms with Crippen LogP contribution in [-0.4, -0.2) is 50.2 Å². The van der Waals surface area contributed by atoms with Crippen LogP contribution in [0.1, 0.15) is 58.4 Å². The second-order valence-corrected chi connectivity index (χ2v) is 10.5. The zero-order valence-corrected chi connectivity index (χ0v) is 19.0. The van der Waals surface area contributed by atoms with Crippen LogP contribution >= 0.6 is 0 Å². The summed E-state index contributed by atoms with van der Waals surface area (Å²) in [6, 6.07) is 4.27. The third-order valence-corrected chi connectivity index (χ3v) is 7.78. The largest absolute Gasteiger partial charge is 0.354 e. The molecule has 0 saturated carbocycles. The number of carbonyl (C=O) groups excluding carboxylic acids is 2. The average molecular weight is 436 g/mol. The molecule has 0 bridgehead atoms. The normalized spacial score (nSPS) is 19.7. The zero-order chi connectivity index (χ0) is 21.9. The van der Waals surface area contributed by atoms with Crippen LogP contribution in [0.25, 0.3) is 0 Å². The monoisotopic (exact) mass is 435 g/mol. The van der Waals surface area contributed by atoms with Crippen LogP contribution < -0.4 is 10.2 Å². The second-order valence-electron chi connectivity index (χ2n) is 8.57. The molecule has 8 heteroatoms. The van der Waals surface area contributed by atoms with Crippen LogP contribution in [0.4, 0.5) is 5.69 Å². The summed E-state index contributed by atoms with van der Waals surface area (Å²) in [4.78, 5) is 27.2. The van der Waals surface area contributed by atoms with Gasteiger partial charge in [0.15, 0.2) is 0 Å². The third kappa shape index (κ3) is 4.70. The molecule has 2 heterocycles. The highest BCUT2D eigenvalue weighted by molar-refractivity contribution is 7.89. The van der Waals surface area contributed by atoms with Crippen molar-refractivity contribution >= 4 is 27.5 Å². The Kier molecular flexibility index (Phi) is 7.18.